The zero-order chi connectivity index (χ0) is 12.4. The zero-order valence-corrected chi connectivity index (χ0v) is 11.1. The van der Waals surface area contributed by atoms with Crippen molar-refractivity contribution in [2.75, 3.05) is 19.6 Å². The predicted octanol–water partition coefficient (Wildman–Crippen LogP) is 2.49. The Labute approximate surface area is 110 Å². The lowest BCUT2D eigenvalue weighted by molar-refractivity contribution is 0.221. The molecule has 0 aromatic heterocycles. The summed E-state index contributed by atoms with van der Waals surface area (Å²) in [4.78, 5) is 2.64. The summed E-state index contributed by atoms with van der Waals surface area (Å²) in [5.41, 5.74) is 7.42. The average molecular weight is 244 g/mol. The van der Waals surface area contributed by atoms with Crippen LogP contribution in [0, 0.1) is 17.8 Å². The Hall–Kier alpha value is -0.860. The molecule has 0 spiro atoms. The van der Waals surface area contributed by atoms with Crippen molar-refractivity contribution < 1.29 is 0 Å². The second-order valence-corrected chi connectivity index (χ2v) is 6.01. The van der Waals surface area contributed by atoms with Crippen molar-refractivity contribution in [1.82, 2.24) is 4.90 Å². The van der Waals surface area contributed by atoms with Gasteiger partial charge in [-0.05, 0) is 55.7 Å². The Bertz CT molecular complexity index is 376. The van der Waals surface area contributed by atoms with Gasteiger partial charge in [0.25, 0.3) is 0 Å². The summed E-state index contributed by atoms with van der Waals surface area (Å²) in [6.45, 7) is 4.52. The van der Waals surface area contributed by atoms with Gasteiger partial charge in [-0.25, -0.2) is 0 Å². The zero-order valence-electron chi connectivity index (χ0n) is 11.1. The number of likely N-dealkylation sites (tertiary alicyclic amines) is 1. The van der Waals surface area contributed by atoms with Gasteiger partial charge in [0.15, 0.2) is 0 Å². The normalized spacial score (nSPS) is 32.4. The summed E-state index contributed by atoms with van der Waals surface area (Å²) in [6.07, 6.45) is 4.18. The van der Waals surface area contributed by atoms with E-state index in [0.717, 1.165) is 30.8 Å². The van der Waals surface area contributed by atoms with Crippen molar-refractivity contribution >= 4 is 0 Å². The summed E-state index contributed by atoms with van der Waals surface area (Å²) in [6, 6.07) is 10.9. The molecule has 1 saturated heterocycles. The lowest BCUT2D eigenvalue weighted by atomic mass is 9.89. The second kappa shape index (κ2) is 5.41. The van der Waals surface area contributed by atoms with Crippen LogP contribution in [-0.2, 0) is 6.54 Å². The van der Waals surface area contributed by atoms with Crippen LogP contribution < -0.4 is 5.73 Å². The first-order chi connectivity index (χ1) is 8.86. The van der Waals surface area contributed by atoms with Gasteiger partial charge in [0.2, 0.25) is 0 Å². The van der Waals surface area contributed by atoms with E-state index in [9.17, 15) is 0 Å². The highest BCUT2D eigenvalue weighted by Crippen LogP contribution is 2.41. The van der Waals surface area contributed by atoms with Crippen molar-refractivity contribution in [1.29, 1.82) is 0 Å². The number of nitrogens with zero attached hydrogens (tertiary/aromatic N) is 1. The first kappa shape index (κ1) is 12.2. The van der Waals surface area contributed by atoms with Gasteiger partial charge in [-0.2, -0.15) is 0 Å². The van der Waals surface area contributed by atoms with Crippen molar-refractivity contribution in [2.45, 2.75) is 25.8 Å². The molecule has 3 unspecified atom stereocenters. The molecule has 0 radical (unpaired) electrons. The topological polar surface area (TPSA) is 29.3 Å². The van der Waals surface area contributed by atoms with E-state index in [0.29, 0.717) is 0 Å². The molecule has 3 rings (SSSR count). The molecule has 3 atom stereocenters. The summed E-state index contributed by atoms with van der Waals surface area (Å²) >= 11 is 0. The van der Waals surface area contributed by atoms with Gasteiger partial charge in [0.1, 0.15) is 0 Å². The Morgan fingerprint density at radius 2 is 1.83 bits per heavy atom. The van der Waals surface area contributed by atoms with Crippen LogP contribution in [0.2, 0.25) is 0 Å². The minimum absolute atomic E-state index is 0.797. The number of fused-ring (bicyclic) bond motifs is 2. The number of hydrogen-bond acceptors (Lipinski definition) is 2. The van der Waals surface area contributed by atoms with Crippen LogP contribution in [0.4, 0.5) is 0 Å². The summed E-state index contributed by atoms with van der Waals surface area (Å²) in [5.74, 6) is 2.55. The number of rotatable bonds is 3. The third kappa shape index (κ3) is 2.45. The van der Waals surface area contributed by atoms with Gasteiger partial charge in [0, 0.05) is 13.1 Å². The first-order valence-electron chi connectivity index (χ1n) is 7.33. The SMILES string of the molecule is NCC1C2CCC1CN(Cc1ccccc1)CC2. The lowest BCUT2D eigenvalue weighted by Crippen LogP contribution is -2.31. The van der Waals surface area contributed by atoms with Gasteiger partial charge in [-0.15, -0.1) is 0 Å². The number of hydrogen-bond donors (Lipinski definition) is 1. The first-order valence-corrected chi connectivity index (χ1v) is 7.33. The number of nitrogens with two attached hydrogens (primary N) is 1. The molecule has 1 aliphatic heterocycles. The van der Waals surface area contributed by atoms with Gasteiger partial charge >= 0.3 is 0 Å². The van der Waals surface area contributed by atoms with Crippen molar-refractivity contribution in [2.24, 2.45) is 23.5 Å². The molecular weight excluding hydrogens is 220 g/mol. The molecule has 2 N–H and O–H groups in total. The van der Waals surface area contributed by atoms with Crippen molar-refractivity contribution in [3.05, 3.63) is 35.9 Å². The fourth-order valence-corrected chi connectivity index (χ4v) is 3.97. The molecule has 0 amide bonds. The van der Waals surface area contributed by atoms with Crippen molar-refractivity contribution in [3.8, 4) is 0 Å². The van der Waals surface area contributed by atoms with Crippen LogP contribution in [0.25, 0.3) is 0 Å². The molecule has 1 aromatic rings. The van der Waals surface area contributed by atoms with E-state index in [1.807, 2.05) is 0 Å². The van der Waals surface area contributed by atoms with E-state index in [1.165, 1.54) is 37.9 Å². The Morgan fingerprint density at radius 1 is 1.06 bits per heavy atom. The monoisotopic (exact) mass is 244 g/mol. The van der Waals surface area contributed by atoms with Crippen LogP contribution >= 0.6 is 0 Å². The van der Waals surface area contributed by atoms with Gasteiger partial charge in [-0.1, -0.05) is 30.3 Å². The molecule has 2 bridgehead atoms. The molecule has 2 nitrogen and oxygen atoms in total. The largest absolute Gasteiger partial charge is 0.330 e. The summed E-state index contributed by atoms with van der Waals surface area (Å²) < 4.78 is 0. The van der Waals surface area contributed by atoms with E-state index >= 15 is 0 Å². The van der Waals surface area contributed by atoms with Gasteiger partial charge in [-0.3, -0.25) is 4.90 Å². The van der Waals surface area contributed by atoms with E-state index in [2.05, 4.69) is 35.2 Å². The van der Waals surface area contributed by atoms with Crippen LogP contribution in [0.3, 0.4) is 0 Å². The molecule has 1 aliphatic carbocycles. The summed E-state index contributed by atoms with van der Waals surface area (Å²) in [5, 5.41) is 0. The standard InChI is InChI=1S/C16H24N2/c17-10-16-14-6-7-15(16)12-18(9-8-14)11-13-4-2-1-3-5-13/h1-5,14-16H,6-12,17H2. The van der Waals surface area contributed by atoms with E-state index in [-0.39, 0.29) is 0 Å². The third-order valence-corrected chi connectivity index (χ3v) is 4.95. The lowest BCUT2D eigenvalue weighted by Gasteiger charge is -2.25. The molecule has 1 saturated carbocycles. The molecule has 2 aliphatic rings. The highest BCUT2D eigenvalue weighted by molar-refractivity contribution is 5.14. The molecule has 2 heteroatoms. The smallest absolute Gasteiger partial charge is 0.0233 e. The highest BCUT2D eigenvalue weighted by atomic mass is 15.1. The highest BCUT2D eigenvalue weighted by Gasteiger charge is 2.38. The quantitative estimate of drug-likeness (QED) is 0.885. The second-order valence-electron chi connectivity index (χ2n) is 6.01. The van der Waals surface area contributed by atoms with Crippen molar-refractivity contribution in [3.63, 3.8) is 0 Å². The van der Waals surface area contributed by atoms with Gasteiger partial charge < -0.3 is 5.73 Å². The van der Waals surface area contributed by atoms with Crippen LogP contribution in [0.5, 0.6) is 0 Å². The Kier molecular flexibility index (Phi) is 3.67. The van der Waals surface area contributed by atoms with E-state index in [1.54, 1.807) is 0 Å². The van der Waals surface area contributed by atoms with Crippen LogP contribution in [0.1, 0.15) is 24.8 Å². The Morgan fingerprint density at radius 3 is 2.61 bits per heavy atom. The van der Waals surface area contributed by atoms with Gasteiger partial charge in [0.05, 0.1) is 0 Å². The average Bonchev–Trinajstić information content (AvgIpc) is 2.69. The molecule has 2 fully saturated rings. The maximum atomic E-state index is 5.97. The number of benzene rings is 1. The van der Waals surface area contributed by atoms with Crippen LogP contribution in [-0.4, -0.2) is 24.5 Å². The summed E-state index contributed by atoms with van der Waals surface area (Å²) in [7, 11) is 0. The molecule has 18 heavy (non-hydrogen) atoms. The fourth-order valence-electron chi connectivity index (χ4n) is 3.97. The molecule has 98 valence electrons. The minimum atomic E-state index is 0.797. The fraction of sp³-hybridized carbons (Fsp3) is 0.625. The molecule has 1 heterocycles. The molecule has 1 aromatic carbocycles. The minimum Gasteiger partial charge on any atom is -0.330 e. The maximum Gasteiger partial charge on any atom is 0.0233 e. The maximum absolute atomic E-state index is 5.97. The molecular formula is C16H24N2. The Balaban J connectivity index is 1.66. The van der Waals surface area contributed by atoms with Crippen LogP contribution in [0.15, 0.2) is 30.3 Å². The third-order valence-electron chi connectivity index (χ3n) is 4.95. The van der Waals surface area contributed by atoms with E-state index in [4.69, 9.17) is 5.73 Å². The predicted molar refractivity (Wildman–Crippen MR) is 75.1 cm³/mol. The van der Waals surface area contributed by atoms with E-state index < -0.39 is 0 Å².